The van der Waals surface area contributed by atoms with Gasteiger partial charge in [-0.05, 0) is 23.8 Å². The maximum absolute atomic E-state index is 13.0. The first-order valence-electron chi connectivity index (χ1n) is 5.75. The van der Waals surface area contributed by atoms with Gasteiger partial charge in [-0.25, -0.2) is 4.39 Å². The third-order valence-electron chi connectivity index (χ3n) is 2.71. The Balaban J connectivity index is 2.05. The molecule has 1 aromatic carbocycles. The van der Waals surface area contributed by atoms with E-state index in [0.717, 1.165) is 0 Å². The first kappa shape index (κ1) is 13.0. The van der Waals surface area contributed by atoms with Gasteiger partial charge in [-0.3, -0.25) is 9.59 Å². The number of benzene rings is 1. The Hall–Kier alpha value is -2.43. The van der Waals surface area contributed by atoms with Gasteiger partial charge in [0.2, 0.25) is 0 Å². The minimum absolute atomic E-state index is 0.214. The Kier molecular flexibility index (Phi) is 3.75. The van der Waals surface area contributed by atoms with Crippen LogP contribution in [0.15, 0.2) is 47.4 Å². The smallest absolute Gasteiger partial charge is 0.251 e. The highest BCUT2D eigenvalue weighted by atomic mass is 19.1. The molecule has 0 saturated heterocycles. The second-order valence-corrected chi connectivity index (χ2v) is 4.18. The second kappa shape index (κ2) is 5.48. The van der Waals surface area contributed by atoms with Crippen LogP contribution < -0.4 is 10.9 Å². The molecule has 0 atom stereocenters. The average Bonchev–Trinajstić information content (AvgIpc) is 2.39. The number of aromatic nitrogens is 1. The molecule has 1 N–H and O–H groups in total. The lowest BCUT2D eigenvalue weighted by molar-refractivity contribution is 0.0950. The Morgan fingerprint density at radius 3 is 2.79 bits per heavy atom. The van der Waals surface area contributed by atoms with Gasteiger partial charge in [0.25, 0.3) is 11.5 Å². The molecule has 2 aromatic rings. The summed E-state index contributed by atoms with van der Waals surface area (Å²) >= 11 is 0. The maximum atomic E-state index is 13.0. The van der Waals surface area contributed by atoms with Crippen LogP contribution >= 0.6 is 0 Å². The third-order valence-corrected chi connectivity index (χ3v) is 2.71. The molecule has 98 valence electrons. The molecular formula is C14H13FN2O2. The second-order valence-electron chi connectivity index (χ2n) is 4.18. The van der Waals surface area contributed by atoms with Gasteiger partial charge in [0.05, 0.1) is 0 Å². The topological polar surface area (TPSA) is 51.1 Å². The molecule has 0 unspecified atom stereocenters. The van der Waals surface area contributed by atoms with Crippen molar-refractivity contribution < 1.29 is 9.18 Å². The van der Waals surface area contributed by atoms with Crippen LogP contribution in [0.5, 0.6) is 0 Å². The van der Waals surface area contributed by atoms with E-state index in [2.05, 4.69) is 5.32 Å². The quantitative estimate of drug-likeness (QED) is 0.908. The number of carbonyl (C=O) groups is 1. The molecule has 19 heavy (non-hydrogen) atoms. The molecule has 4 nitrogen and oxygen atoms in total. The van der Waals surface area contributed by atoms with Crippen molar-refractivity contribution in [1.29, 1.82) is 0 Å². The number of hydrogen-bond acceptors (Lipinski definition) is 2. The van der Waals surface area contributed by atoms with E-state index in [4.69, 9.17) is 0 Å². The summed E-state index contributed by atoms with van der Waals surface area (Å²) in [5.74, 6) is -0.706. The van der Waals surface area contributed by atoms with E-state index in [0.29, 0.717) is 11.1 Å². The van der Waals surface area contributed by atoms with Crippen molar-refractivity contribution >= 4 is 5.91 Å². The van der Waals surface area contributed by atoms with Crippen LogP contribution in [0.4, 0.5) is 4.39 Å². The normalized spacial score (nSPS) is 10.2. The Morgan fingerprint density at radius 2 is 2.11 bits per heavy atom. The first-order chi connectivity index (χ1) is 9.06. The summed E-state index contributed by atoms with van der Waals surface area (Å²) in [6, 6.07) is 8.81. The summed E-state index contributed by atoms with van der Waals surface area (Å²) < 4.78 is 14.3. The molecule has 0 spiro atoms. The maximum Gasteiger partial charge on any atom is 0.251 e. The van der Waals surface area contributed by atoms with Gasteiger partial charge in [0.1, 0.15) is 5.82 Å². The molecule has 1 heterocycles. The molecule has 0 fully saturated rings. The van der Waals surface area contributed by atoms with Crippen LogP contribution in [0.2, 0.25) is 0 Å². The number of nitrogens with zero attached hydrogens (tertiary/aromatic N) is 1. The molecule has 0 bridgehead atoms. The van der Waals surface area contributed by atoms with Gasteiger partial charge in [0, 0.05) is 31.4 Å². The lowest BCUT2D eigenvalue weighted by atomic mass is 10.2. The van der Waals surface area contributed by atoms with Crippen molar-refractivity contribution in [2.45, 2.75) is 6.54 Å². The highest BCUT2D eigenvalue weighted by Crippen LogP contribution is 2.03. The van der Waals surface area contributed by atoms with E-state index in [9.17, 15) is 14.0 Å². The monoisotopic (exact) mass is 260 g/mol. The first-order valence-corrected chi connectivity index (χ1v) is 5.75. The van der Waals surface area contributed by atoms with Gasteiger partial charge in [0.15, 0.2) is 0 Å². The summed E-state index contributed by atoms with van der Waals surface area (Å²) in [6.45, 7) is 0.214. The highest BCUT2D eigenvalue weighted by Gasteiger charge is 2.06. The standard InChI is InChI=1S/C14H13FN2O2/c1-17-6-5-11(8-13(17)18)14(19)16-9-10-3-2-4-12(15)7-10/h2-8H,9H2,1H3,(H,16,19). The minimum Gasteiger partial charge on any atom is -0.348 e. The van der Waals surface area contributed by atoms with E-state index in [1.54, 1.807) is 25.2 Å². The predicted molar refractivity (Wildman–Crippen MR) is 69.3 cm³/mol. The zero-order chi connectivity index (χ0) is 13.8. The molecule has 0 saturated carbocycles. The van der Waals surface area contributed by atoms with Crippen molar-refractivity contribution in [1.82, 2.24) is 9.88 Å². The summed E-state index contributed by atoms with van der Waals surface area (Å²) in [7, 11) is 1.61. The predicted octanol–water partition coefficient (Wildman–Crippen LogP) is 1.45. The Labute approximate surface area is 109 Å². The van der Waals surface area contributed by atoms with Crippen molar-refractivity contribution in [2.75, 3.05) is 0 Å². The molecule has 2 rings (SSSR count). The minimum atomic E-state index is -0.359. The zero-order valence-corrected chi connectivity index (χ0v) is 10.4. The van der Waals surface area contributed by atoms with Gasteiger partial charge in [-0.15, -0.1) is 0 Å². The van der Waals surface area contributed by atoms with E-state index in [-0.39, 0.29) is 23.8 Å². The number of rotatable bonds is 3. The molecule has 0 radical (unpaired) electrons. The molecule has 1 aromatic heterocycles. The number of hydrogen-bond donors (Lipinski definition) is 1. The lowest BCUT2D eigenvalue weighted by Gasteiger charge is -2.06. The third kappa shape index (κ3) is 3.28. The fraction of sp³-hybridized carbons (Fsp3) is 0.143. The van der Waals surface area contributed by atoms with E-state index in [1.165, 1.54) is 29.0 Å². The summed E-state index contributed by atoms with van der Waals surface area (Å²) in [5, 5.41) is 2.64. The average molecular weight is 260 g/mol. The van der Waals surface area contributed by atoms with Gasteiger partial charge >= 0.3 is 0 Å². The summed E-state index contributed by atoms with van der Waals surface area (Å²) in [4.78, 5) is 23.2. The van der Waals surface area contributed by atoms with Gasteiger partial charge in [-0.1, -0.05) is 12.1 Å². The van der Waals surface area contributed by atoms with Crippen molar-refractivity contribution in [3.63, 3.8) is 0 Å². The number of amides is 1. The van der Waals surface area contributed by atoms with E-state index in [1.807, 2.05) is 0 Å². The highest BCUT2D eigenvalue weighted by molar-refractivity contribution is 5.93. The van der Waals surface area contributed by atoms with Crippen LogP contribution in [0.3, 0.4) is 0 Å². The van der Waals surface area contributed by atoms with Crippen molar-refractivity contribution in [2.24, 2.45) is 7.05 Å². The lowest BCUT2D eigenvalue weighted by Crippen LogP contribution is -2.25. The molecular weight excluding hydrogens is 247 g/mol. The number of carbonyl (C=O) groups excluding carboxylic acids is 1. The molecule has 0 aliphatic carbocycles. The van der Waals surface area contributed by atoms with Gasteiger partial charge < -0.3 is 9.88 Å². The van der Waals surface area contributed by atoms with Crippen LogP contribution in [-0.4, -0.2) is 10.5 Å². The van der Waals surface area contributed by atoms with Crippen LogP contribution in [-0.2, 0) is 13.6 Å². The Bertz CT molecular complexity index is 664. The molecule has 1 amide bonds. The van der Waals surface area contributed by atoms with E-state index < -0.39 is 0 Å². The van der Waals surface area contributed by atoms with Gasteiger partial charge in [-0.2, -0.15) is 0 Å². The molecule has 5 heteroatoms. The zero-order valence-electron chi connectivity index (χ0n) is 10.4. The SMILES string of the molecule is Cn1ccc(C(=O)NCc2cccc(F)c2)cc1=O. The number of halogens is 1. The van der Waals surface area contributed by atoms with E-state index >= 15 is 0 Å². The fourth-order valence-corrected chi connectivity index (χ4v) is 1.62. The number of aryl methyl sites for hydroxylation is 1. The van der Waals surface area contributed by atoms with Crippen LogP contribution in [0.1, 0.15) is 15.9 Å². The molecule has 0 aliphatic heterocycles. The van der Waals surface area contributed by atoms with Crippen molar-refractivity contribution in [3.8, 4) is 0 Å². The van der Waals surface area contributed by atoms with Crippen LogP contribution in [0, 0.1) is 5.82 Å². The largest absolute Gasteiger partial charge is 0.348 e. The molecule has 0 aliphatic rings. The Morgan fingerprint density at radius 1 is 1.32 bits per heavy atom. The van der Waals surface area contributed by atoms with Crippen LogP contribution in [0.25, 0.3) is 0 Å². The number of nitrogens with one attached hydrogen (secondary N) is 1. The van der Waals surface area contributed by atoms with Crippen molar-refractivity contribution in [3.05, 3.63) is 69.9 Å². The summed E-state index contributed by atoms with van der Waals surface area (Å²) in [5.41, 5.74) is 0.704. The fourth-order valence-electron chi connectivity index (χ4n) is 1.62. The number of pyridine rings is 1. The summed E-state index contributed by atoms with van der Waals surface area (Å²) in [6.07, 6.45) is 1.53.